The van der Waals surface area contributed by atoms with Crippen molar-refractivity contribution in [2.24, 2.45) is 22.2 Å². The average Bonchev–Trinajstić information content (AvgIpc) is 3.19. The Morgan fingerprint density at radius 3 is 2.58 bits per heavy atom. The van der Waals surface area contributed by atoms with E-state index in [4.69, 9.17) is 4.74 Å². The van der Waals surface area contributed by atoms with Crippen LogP contribution in [0.1, 0.15) is 64.7 Å². The van der Waals surface area contributed by atoms with Crippen molar-refractivity contribution in [3.63, 3.8) is 0 Å². The lowest BCUT2D eigenvalue weighted by Crippen LogP contribution is -2.69. The van der Waals surface area contributed by atoms with E-state index < -0.39 is 0 Å². The summed E-state index contributed by atoms with van der Waals surface area (Å²) in [6.07, 6.45) is 12.5. The van der Waals surface area contributed by atoms with Crippen molar-refractivity contribution < 1.29 is 4.74 Å². The van der Waals surface area contributed by atoms with Crippen LogP contribution in [-0.4, -0.2) is 37.8 Å². The van der Waals surface area contributed by atoms with Crippen LogP contribution in [0, 0.1) is 17.3 Å². The molecule has 0 aromatic rings. The molecular weight excluding hydrogens is 413 g/mol. The molecule has 3 aliphatic carbocycles. The van der Waals surface area contributed by atoms with E-state index in [-0.39, 0.29) is 24.0 Å². The summed E-state index contributed by atoms with van der Waals surface area (Å²) in [5, 5.41) is 7.55. The molecule has 4 nitrogen and oxygen atoms in total. The van der Waals surface area contributed by atoms with Crippen molar-refractivity contribution in [3.8, 4) is 0 Å². The van der Waals surface area contributed by atoms with Gasteiger partial charge < -0.3 is 15.4 Å². The van der Waals surface area contributed by atoms with Gasteiger partial charge in [0.1, 0.15) is 0 Å². The molecule has 2 N–H and O–H groups in total. The molecule has 4 fully saturated rings. The highest BCUT2D eigenvalue weighted by Gasteiger charge is 2.65. The Hall–Kier alpha value is -0.0400. The SMILES string of the molecule is CN=C(NC1CCCC(C)C1)NC1C2CCOC2C12CCCC2.I. The highest BCUT2D eigenvalue weighted by molar-refractivity contribution is 14.0. The molecule has 1 aliphatic heterocycles. The number of halogens is 1. The summed E-state index contributed by atoms with van der Waals surface area (Å²) >= 11 is 0. The van der Waals surface area contributed by atoms with E-state index in [1.807, 2.05) is 7.05 Å². The first-order chi connectivity index (χ1) is 11.2. The summed E-state index contributed by atoms with van der Waals surface area (Å²) in [6, 6.07) is 1.17. The molecule has 24 heavy (non-hydrogen) atoms. The number of aliphatic imine (C=N–C) groups is 1. The van der Waals surface area contributed by atoms with Gasteiger partial charge in [-0.25, -0.2) is 0 Å². The van der Waals surface area contributed by atoms with E-state index in [0.29, 0.717) is 29.5 Å². The summed E-state index contributed by atoms with van der Waals surface area (Å²) in [5.41, 5.74) is 0.401. The minimum atomic E-state index is 0. The molecule has 4 rings (SSSR count). The summed E-state index contributed by atoms with van der Waals surface area (Å²) < 4.78 is 6.10. The Bertz CT molecular complexity index is 464. The second kappa shape index (κ2) is 7.68. The molecule has 5 atom stereocenters. The number of hydrogen-bond donors (Lipinski definition) is 2. The molecule has 5 unspecified atom stereocenters. The van der Waals surface area contributed by atoms with Crippen molar-refractivity contribution in [1.29, 1.82) is 0 Å². The highest BCUT2D eigenvalue weighted by atomic mass is 127. The average molecular weight is 447 g/mol. The fourth-order valence-electron chi connectivity index (χ4n) is 5.98. The van der Waals surface area contributed by atoms with Crippen molar-refractivity contribution in [3.05, 3.63) is 0 Å². The van der Waals surface area contributed by atoms with Crippen LogP contribution in [0.4, 0.5) is 0 Å². The fourth-order valence-corrected chi connectivity index (χ4v) is 5.98. The predicted molar refractivity (Wildman–Crippen MR) is 109 cm³/mol. The van der Waals surface area contributed by atoms with Crippen LogP contribution in [0.15, 0.2) is 4.99 Å². The molecule has 0 aromatic carbocycles. The molecule has 0 bridgehead atoms. The van der Waals surface area contributed by atoms with Crippen LogP contribution < -0.4 is 10.6 Å². The van der Waals surface area contributed by atoms with Gasteiger partial charge in [0.05, 0.1) is 6.10 Å². The van der Waals surface area contributed by atoms with Gasteiger partial charge in [-0.15, -0.1) is 24.0 Å². The smallest absolute Gasteiger partial charge is 0.191 e. The highest BCUT2D eigenvalue weighted by Crippen LogP contribution is 2.60. The number of nitrogens with one attached hydrogen (secondary N) is 2. The summed E-state index contributed by atoms with van der Waals surface area (Å²) in [4.78, 5) is 4.55. The molecule has 0 radical (unpaired) electrons. The number of hydrogen-bond acceptors (Lipinski definition) is 2. The molecule has 138 valence electrons. The molecule has 0 amide bonds. The molecule has 1 spiro atoms. The lowest BCUT2D eigenvalue weighted by atomic mass is 9.54. The van der Waals surface area contributed by atoms with Crippen molar-refractivity contribution >= 4 is 29.9 Å². The van der Waals surface area contributed by atoms with Gasteiger partial charge in [-0.05, 0) is 38.0 Å². The minimum absolute atomic E-state index is 0. The maximum atomic E-state index is 6.10. The van der Waals surface area contributed by atoms with E-state index >= 15 is 0 Å². The van der Waals surface area contributed by atoms with Crippen LogP contribution in [0.2, 0.25) is 0 Å². The second-order valence-electron chi connectivity index (χ2n) is 8.49. The van der Waals surface area contributed by atoms with Crippen LogP contribution in [-0.2, 0) is 4.74 Å². The zero-order valence-corrected chi connectivity index (χ0v) is 17.6. The topological polar surface area (TPSA) is 45.7 Å². The van der Waals surface area contributed by atoms with Crippen LogP contribution >= 0.6 is 24.0 Å². The Labute approximate surface area is 164 Å². The number of ether oxygens (including phenoxy) is 1. The third-order valence-electron chi connectivity index (χ3n) is 7.08. The van der Waals surface area contributed by atoms with Gasteiger partial charge in [0.2, 0.25) is 0 Å². The molecular formula is C19H34IN3O. The third-order valence-corrected chi connectivity index (χ3v) is 7.08. The maximum absolute atomic E-state index is 6.10. The van der Waals surface area contributed by atoms with E-state index in [1.54, 1.807) is 0 Å². The summed E-state index contributed by atoms with van der Waals surface area (Å²) in [5.74, 6) is 2.58. The van der Waals surface area contributed by atoms with Gasteiger partial charge >= 0.3 is 0 Å². The van der Waals surface area contributed by atoms with E-state index in [2.05, 4.69) is 22.5 Å². The summed E-state index contributed by atoms with van der Waals surface area (Å²) in [6.45, 7) is 3.34. The first-order valence-electron chi connectivity index (χ1n) is 9.84. The van der Waals surface area contributed by atoms with Gasteiger partial charge in [0.15, 0.2) is 5.96 Å². The zero-order chi connectivity index (χ0) is 15.9. The normalized spacial score (nSPS) is 40.6. The lowest BCUT2D eigenvalue weighted by molar-refractivity contribution is -0.125. The van der Waals surface area contributed by atoms with Crippen molar-refractivity contribution in [2.75, 3.05) is 13.7 Å². The van der Waals surface area contributed by atoms with E-state index in [1.165, 1.54) is 57.8 Å². The van der Waals surface area contributed by atoms with Crippen molar-refractivity contribution in [2.45, 2.75) is 82.9 Å². The number of nitrogens with zero attached hydrogens (tertiary/aromatic N) is 1. The van der Waals surface area contributed by atoms with Gasteiger partial charge in [-0.3, -0.25) is 4.99 Å². The largest absolute Gasteiger partial charge is 0.377 e. The lowest BCUT2D eigenvalue weighted by Gasteiger charge is -2.57. The first kappa shape index (κ1) is 18.7. The van der Waals surface area contributed by atoms with Crippen LogP contribution in [0.3, 0.4) is 0 Å². The van der Waals surface area contributed by atoms with Gasteiger partial charge in [-0.1, -0.05) is 32.6 Å². The monoisotopic (exact) mass is 447 g/mol. The summed E-state index contributed by atoms with van der Waals surface area (Å²) in [7, 11) is 1.92. The van der Waals surface area contributed by atoms with Crippen molar-refractivity contribution in [1.82, 2.24) is 10.6 Å². The standard InChI is InChI=1S/C19H33N3O.HI/c1-13-6-5-7-14(12-13)21-18(20-2)22-16-15-8-11-23-17(15)19(16)9-3-4-10-19;/h13-17H,3-12H2,1-2H3,(H2,20,21,22);1H. The van der Waals surface area contributed by atoms with Gasteiger partial charge in [0, 0.05) is 37.1 Å². The molecule has 1 heterocycles. The Balaban J connectivity index is 0.00000169. The van der Waals surface area contributed by atoms with Gasteiger partial charge in [-0.2, -0.15) is 0 Å². The number of guanidine groups is 1. The second-order valence-corrected chi connectivity index (χ2v) is 8.49. The quantitative estimate of drug-likeness (QED) is 0.386. The van der Waals surface area contributed by atoms with Gasteiger partial charge in [0.25, 0.3) is 0 Å². The molecule has 1 saturated heterocycles. The predicted octanol–water partition coefficient (Wildman–Crippen LogP) is 3.70. The Kier molecular flexibility index (Phi) is 6.00. The third kappa shape index (κ3) is 3.19. The number of fused-ring (bicyclic) bond motifs is 2. The zero-order valence-electron chi connectivity index (χ0n) is 15.2. The molecule has 0 aromatic heterocycles. The minimum Gasteiger partial charge on any atom is -0.377 e. The fraction of sp³-hybridized carbons (Fsp3) is 0.947. The maximum Gasteiger partial charge on any atom is 0.191 e. The first-order valence-corrected chi connectivity index (χ1v) is 9.84. The molecule has 4 aliphatic rings. The van der Waals surface area contributed by atoms with Crippen LogP contribution in [0.5, 0.6) is 0 Å². The Morgan fingerprint density at radius 2 is 1.88 bits per heavy atom. The van der Waals surface area contributed by atoms with E-state index in [9.17, 15) is 0 Å². The number of rotatable bonds is 2. The van der Waals surface area contributed by atoms with Crippen LogP contribution in [0.25, 0.3) is 0 Å². The van der Waals surface area contributed by atoms with E-state index in [0.717, 1.165) is 18.5 Å². The molecule has 3 saturated carbocycles. The molecule has 5 heteroatoms. The Morgan fingerprint density at radius 1 is 1.08 bits per heavy atom.